The third kappa shape index (κ3) is 6.44. The minimum Gasteiger partial charge on any atom is -0.428 e. The van der Waals surface area contributed by atoms with Gasteiger partial charge in [-0.1, -0.05) is 32.9 Å². The van der Waals surface area contributed by atoms with Gasteiger partial charge in [0.2, 0.25) is 0 Å². The molecule has 1 saturated heterocycles. The van der Waals surface area contributed by atoms with E-state index in [9.17, 15) is 17.6 Å². The fraction of sp³-hybridized carbons (Fsp3) is 0.647. The van der Waals surface area contributed by atoms with Crippen LogP contribution < -0.4 is 10.1 Å². The molecule has 1 atom stereocenters. The summed E-state index contributed by atoms with van der Waals surface area (Å²) in [5.41, 5.74) is 0.893. The number of halogens is 6. The van der Waals surface area contributed by atoms with Crippen LogP contribution >= 0.6 is 24.8 Å². The molecule has 1 fully saturated rings. The molecule has 0 spiro atoms. The molecule has 0 unspecified atom stereocenters. The van der Waals surface area contributed by atoms with Crippen molar-refractivity contribution in [2.45, 2.75) is 39.3 Å². The monoisotopic (exact) mass is 420 g/mol. The topological polar surface area (TPSA) is 24.5 Å². The van der Waals surface area contributed by atoms with Crippen molar-refractivity contribution in [2.75, 3.05) is 26.2 Å². The Morgan fingerprint density at radius 2 is 1.50 bits per heavy atom. The number of alkyl halides is 4. The molecular weight excluding hydrogens is 395 g/mol. The molecular formula is C17H26Cl2F4N2O. The highest BCUT2D eigenvalue weighted by Crippen LogP contribution is 2.39. The minimum absolute atomic E-state index is 0. The number of ether oxygens (including phenoxy) is 1. The number of hydrogen-bond donors (Lipinski definition) is 1. The highest BCUT2D eigenvalue weighted by atomic mass is 35.5. The molecule has 3 nitrogen and oxygen atoms in total. The zero-order valence-corrected chi connectivity index (χ0v) is 16.6. The highest BCUT2D eigenvalue weighted by Gasteiger charge is 2.44. The average Bonchev–Trinajstić information content (AvgIpc) is 2.48. The van der Waals surface area contributed by atoms with Crippen LogP contribution in [0.3, 0.4) is 0 Å². The summed E-state index contributed by atoms with van der Waals surface area (Å²) in [4.78, 5) is 2.35. The van der Waals surface area contributed by atoms with E-state index in [1.165, 1.54) is 12.1 Å². The van der Waals surface area contributed by atoms with Crippen molar-refractivity contribution < 1.29 is 22.3 Å². The molecule has 1 aromatic rings. The van der Waals surface area contributed by atoms with Gasteiger partial charge in [-0.15, -0.1) is 24.8 Å². The second kappa shape index (κ2) is 9.97. The van der Waals surface area contributed by atoms with E-state index in [0.717, 1.165) is 31.7 Å². The normalized spacial score (nSPS) is 17.2. The number of nitrogens with zero attached hydrogens (tertiary/aromatic N) is 1. The lowest BCUT2D eigenvalue weighted by molar-refractivity contribution is -0.253. The molecule has 1 aromatic carbocycles. The Morgan fingerprint density at radius 1 is 1.00 bits per heavy atom. The van der Waals surface area contributed by atoms with E-state index >= 15 is 0 Å². The zero-order valence-electron chi connectivity index (χ0n) is 15.0. The molecule has 1 heterocycles. The quantitative estimate of drug-likeness (QED) is 0.694. The van der Waals surface area contributed by atoms with Gasteiger partial charge < -0.3 is 10.1 Å². The molecule has 0 bridgehead atoms. The first-order valence-corrected chi connectivity index (χ1v) is 8.01. The lowest BCUT2D eigenvalue weighted by Crippen LogP contribution is -2.48. The van der Waals surface area contributed by atoms with Crippen molar-refractivity contribution >= 4 is 24.8 Å². The Kier molecular flexibility index (Phi) is 9.68. The van der Waals surface area contributed by atoms with Gasteiger partial charge in [0.15, 0.2) is 0 Å². The maximum atomic E-state index is 13.0. The fourth-order valence-corrected chi connectivity index (χ4v) is 3.12. The molecule has 0 radical (unpaired) electrons. The number of rotatable bonds is 5. The van der Waals surface area contributed by atoms with E-state index in [0.29, 0.717) is 0 Å². The van der Waals surface area contributed by atoms with Crippen LogP contribution in [0, 0.1) is 5.41 Å². The smallest absolute Gasteiger partial charge is 0.428 e. The van der Waals surface area contributed by atoms with Crippen LogP contribution in [0.4, 0.5) is 17.6 Å². The van der Waals surface area contributed by atoms with Crippen molar-refractivity contribution in [1.82, 2.24) is 10.2 Å². The average molecular weight is 421 g/mol. The van der Waals surface area contributed by atoms with Gasteiger partial charge in [0.05, 0.1) is 0 Å². The third-order valence-corrected chi connectivity index (χ3v) is 4.04. The molecule has 0 amide bonds. The SMILES string of the molecule is CC(C)(C)[C@H](c1ccc(OC(F)(F)C(F)F)cc1)N1CCNCC1.Cl.Cl. The molecule has 0 aromatic heterocycles. The standard InChI is InChI=1S/C17H24F4N2O.2ClH/c1-16(2,3)14(23-10-8-22-9-11-23)12-4-6-13(7-5-12)24-17(20,21)15(18)19;;/h4-7,14-15,22H,8-11H2,1-3H3;2*1H/t14-;;/m0../s1. The van der Waals surface area contributed by atoms with Crippen molar-refractivity contribution in [1.29, 1.82) is 0 Å². The number of piperazine rings is 1. The van der Waals surface area contributed by atoms with E-state index in [-0.39, 0.29) is 42.0 Å². The van der Waals surface area contributed by atoms with Gasteiger partial charge in [-0.05, 0) is 23.1 Å². The van der Waals surface area contributed by atoms with Gasteiger partial charge in [-0.2, -0.15) is 17.6 Å². The minimum atomic E-state index is -4.48. The predicted octanol–water partition coefficient (Wildman–Crippen LogP) is 4.76. The summed E-state index contributed by atoms with van der Waals surface area (Å²) in [5.74, 6) is -0.267. The summed E-state index contributed by atoms with van der Waals surface area (Å²) >= 11 is 0. The van der Waals surface area contributed by atoms with Crippen molar-refractivity contribution in [2.24, 2.45) is 5.41 Å². The van der Waals surface area contributed by atoms with Crippen LogP contribution in [0.1, 0.15) is 32.4 Å². The highest BCUT2D eigenvalue weighted by molar-refractivity contribution is 5.85. The van der Waals surface area contributed by atoms with Crippen LogP contribution in [0.25, 0.3) is 0 Å². The maximum absolute atomic E-state index is 13.0. The van der Waals surface area contributed by atoms with Crippen LogP contribution in [-0.2, 0) is 0 Å². The van der Waals surface area contributed by atoms with Crippen LogP contribution in [0.2, 0.25) is 0 Å². The first kappa shape index (κ1) is 25.2. The van der Waals surface area contributed by atoms with Gasteiger partial charge in [-0.25, -0.2) is 0 Å². The summed E-state index contributed by atoms with van der Waals surface area (Å²) < 4.78 is 54.5. The lowest BCUT2D eigenvalue weighted by atomic mass is 9.81. The molecule has 1 N–H and O–H groups in total. The van der Waals surface area contributed by atoms with Gasteiger partial charge in [-0.3, -0.25) is 4.90 Å². The van der Waals surface area contributed by atoms with Crippen molar-refractivity contribution in [3.63, 3.8) is 0 Å². The Bertz CT molecular complexity index is 533. The Hall–Kier alpha value is -0.760. The van der Waals surface area contributed by atoms with Gasteiger partial charge in [0.25, 0.3) is 0 Å². The summed E-state index contributed by atoms with van der Waals surface area (Å²) in [5, 5.41) is 3.30. The first-order valence-electron chi connectivity index (χ1n) is 8.01. The first-order chi connectivity index (χ1) is 11.1. The summed E-state index contributed by atoms with van der Waals surface area (Å²) in [7, 11) is 0. The third-order valence-electron chi connectivity index (χ3n) is 4.04. The number of hydrogen-bond acceptors (Lipinski definition) is 3. The van der Waals surface area contributed by atoms with Crippen LogP contribution in [0.15, 0.2) is 24.3 Å². The molecule has 0 saturated carbocycles. The van der Waals surface area contributed by atoms with Gasteiger partial charge in [0.1, 0.15) is 5.75 Å². The van der Waals surface area contributed by atoms with E-state index in [2.05, 4.69) is 35.7 Å². The van der Waals surface area contributed by atoms with Crippen molar-refractivity contribution in [3.8, 4) is 5.75 Å². The molecule has 1 aliphatic rings. The van der Waals surface area contributed by atoms with Gasteiger partial charge >= 0.3 is 12.5 Å². The molecule has 0 aliphatic carbocycles. The molecule has 2 rings (SSSR count). The Morgan fingerprint density at radius 3 is 1.92 bits per heavy atom. The molecule has 1 aliphatic heterocycles. The fourth-order valence-electron chi connectivity index (χ4n) is 3.12. The zero-order chi connectivity index (χ0) is 18.0. The summed E-state index contributed by atoms with van der Waals surface area (Å²) in [6.45, 7) is 9.94. The molecule has 152 valence electrons. The van der Waals surface area contributed by atoms with E-state index < -0.39 is 12.5 Å². The maximum Gasteiger partial charge on any atom is 0.461 e. The Labute approximate surface area is 164 Å². The number of nitrogens with one attached hydrogen (secondary N) is 1. The van der Waals surface area contributed by atoms with E-state index in [1.807, 2.05) is 0 Å². The summed E-state index contributed by atoms with van der Waals surface area (Å²) in [6, 6.07) is 6.10. The molecule has 9 heteroatoms. The second-order valence-electron chi connectivity index (χ2n) is 7.09. The Balaban J connectivity index is 0.00000312. The van der Waals surface area contributed by atoms with Crippen molar-refractivity contribution in [3.05, 3.63) is 29.8 Å². The van der Waals surface area contributed by atoms with Gasteiger partial charge in [0, 0.05) is 32.2 Å². The second-order valence-corrected chi connectivity index (χ2v) is 7.09. The van der Waals surface area contributed by atoms with Crippen LogP contribution in [0.5, 0.6) is 5.75 Å². The summed E-state index contributed by atoms with van der Waals surface area (Å²) in [6.07, 6.45) is -8.34. The lowest BCUT2D eigenvalue weighted by Gasteiger charge is -2.42. The largest absolute Gasteiger partial charge is 0.461 e. The predicted molar refractivity (Wildman–Crippen MR) is 99.2 cm³/mol. The molecule has 26 heavy (non-hydrogen) atoms. The number of benzene rings is 1. The van der Waals surface area contributed by atoms with E-state index in [1.54, 1.807) is 12.1 Å². The van der Waals surface area contributed by atoms with Crippen LogP contribution in [-0.4, -0.2) is 43.6 Å². The van der Waals surface area contributed by atoms with E-state index in [4.69, 9.17) is 0 Å².